The summed E-state index contributed by atoms with van der Waals surface area (Å²) < 4.78 is 11.2. The molecule has 0 amide bonds. The maximum atomic E-state index is 5.64. The van der Waals surface area contributed by atoms with Gasteiger partial charge in [0.1, 0.15) is 0 Å². The Balaban J connectivity index is 2.36. The van der Waals surface area contributed by atoms with Gasteiger partial charge in [-0.3, -0.25) is 4.84 Å². The molecule has 0 bridgehead atoms. The Bertz CT molecular complexity index is 352. The van der Waals surface area contributed by atoms with E-state index in [0.29, 0.717) is 19.8 Å². The normalized spacial score (nSPS) is 14.8. The minimum Gasteiger partial charge on any atom is -0.490 e. The average Bonchev–Trinajstić information content (AvgIpc) is 2.48. The maximum Gasteiger partial charge on any atom is 0.164 e. The van der Waals surface area contributed by atoms with Gasteiger partial charge in [-0.05, 0) is 18.6 Å². The van der Waals surface area contributed by atoms with Gasteiger partial charge >= 0.3 is 0 Å². The first-order chi connectivity index (χ1) is 7.33. The van der Waals surface area contributed by atoms with Crippen molar-refractivity contribution in [2.75, 3.05) is 13.2 Å². The van der Waals surface area contributed by atoms with Crippen LogP contribution in [0.3, 0.4) is 0 Å². The van der Waals surface area contributed by atoms with Crippen molar-refractivity contribution in [2.24, 2.45) is 5.90 Å². The predicted molar refractivity (Wildman–Crippen MR) is 55.8 cm³/mol. The number of nitrogens with two attached hydrogens (primary N) is 1. The first kappa shape index (κ1) is 10.3. The molecule has 1 aromatic rings. The molecule has 82 valence electrons. The number of fused-ring (bicyclic) bond motifs is 1. The second kappa shape index (κ2) is 4.51. The largest absolute Gasteiger partial charge is 0.490 e. The van der Waals surface area contributed by atoms with Gasteiger partial charge in [-0.15, -0.1) is 0 Å². The van der Waals surface area contributed by atoms with Gasteiger partial charge in [-0.25, -0.2) is 5.90 Å². The molecule has 0 spiro atoms. The predicted octanol–water partition coefficient (Wildman–Crippen LogP) is 1.55. The SMILES string of the molecule is Cc1c(CON)ccc2c1OCCCO2. The maximum absolute atomic E-state index is 5.64. The highest BCUT2D eigenvalue weighted by Gasteiger charge is 2.15. The van der Waals surface area contributed by atoms with Crippen LogP contribution < -0.4 is 15.4 Å². The number of hydrogen-bond acceptors (Lipinski definition) is 4. The summed E-state index contributed by atoms with van der Waals surface area (Å²) >= 11 is 0. The molecule has 1 aliphatic heterocycles. The quantitative estimate of drug-likeness (QED) is 0.751. The third kappa shape index (κ3) is 2.06. The van der Waals surface area contributed by atoms with Crippen LogP contribution in [0.15, 0.2) is 12.1 Å². The standard InChI is InChI=1S/C11H15NO3/c1-8-9(7-15-12)3-4-10-11(8)14-6-2-5-13-10/h3-4H,2,5-7,12H2,1H3. The fourth-order valence-electron chi connectivity index (χ4n) is 1.66. The van der Waals surface area contributed by atoms with Crippen LogP contribution in [0, 0.1) is 6.92 Å². The molecule has 1 aromatic carbocycles. The smallest absolute Gasteiger partial charge is 0.164 e. The molecule has 4 nitrogen and oxygen atoms in total. The molecule has 0 radical (unpaired) electrons. The molecule has 0 unspecified atom stereocenters. The van der Waals surface area contributed by atoms with Crippen LogP contribution in [0.2, 0.25) is 0 Å². The summed E-state index contributed by atoms with van der Waals surface area (Å²) in [6.07, 6.45) is 0.914. The summed E-state index contributed by atoms with van der Waals surface area (Å²) in [5.41, 5.74) is 2.07. The van der Waals surface area contributed by atoms with Gasteiger partial charge in [-0.2, -0.15) is 0 Å². The van der Waals surface area contributed by atoms with E-state index in [0.717, 1.165) is 29.0 Å². The van der Waals surface area contributed by atoms with Gasteiger partial charge in [0.2, 0.25) is 0 Å². The van der Waals surface area contributed by atoms with Crippen molar-refractivity contribution in [1.82, 2.24) is 0 Å². The van der Waals surface area contributed by atoms with Crippen molar-refractivity contribution in [3.8, 4) is 11.5 Å². The highest BCUT2D eigenvalue weighted by atomic mass is 16.6. The molecule has 0 atom stereocenters. The van der Waals surface area contributed by atoms with E-state index in [1.54, 1.807) is 0 Å². The first-order valence-electron chi connectivity index (χ1n) is 5.02. The summed E-state index contributed by atoms with van der Waals surface area (Å²) in [7, 11) is 0. The number of ether oxygens (including phenoxy) is 2. The molecular formula is C11H15NO3. The van der Waals surface area contributed by atoms with Crippen molar-refractivity contribution >= 4 is 0 Å². The van der Waals surface area contributed by atoms with Crippen molar-refractivity contribution in [1.29, 1.82) is 0 Å². The second-order valence-electron chi connectivity index (χ2n) is 3.54. The number of rotatable bonds is 2. The molecule has 0 aliphatic carbocycles. The van der Waals surface area contributed by atoms with Gasteiger partial charge in [0.05, 0.1) is 19.8 Å². The zero-order valence-corrected chi connectivity index (χ0v) is 8.79. The van der Waals surface area contributed by atoms with E-state index in [1.165, 1.54) is 0 Å². The van der Waals surface area contributed by atoms with E-state index < -0.39 is 0 Å². The van der Waals surface area contributed by atoms with Crippen molar-refractivity contribution < 1.29 is 14.3 Å². The zero-order chi connectivity index (χ0) is 10.7. The van der Waals surface area contributed by atoms with Crippen LogP contribution in [0.1, 0.15) is 17.5 Å². The topological polar surface area (TPSA) is 53.7 Å². The monoisotopic (exact) mass is 209 g/mol. The summed E-state index contributed by atoms with van der Waals surface area (Å²) in [4.78, 5) is 4.63. The van der Waals surface area contributed by atoms with Crippen molar-refractivity contribution in [2.45, 2.75) is 20.0 Å². The average molecular weight is 209 g/mol. The molecule has 0 saturated heterocycles. The summed E-state index contributed by atoms with van der Waals surface area (Å²) in [6.45, 7) is 3.78. The highest BCUT2D eigenvalue weighted by molar-refractivity contribution is 5.50. The molecule has 1 heterocycles. The molecule has 15 heavy (non-hydrogen) atoms. The van der Waals surface area contributed by atoms with Gasteiger partial charge in [0, 0.05) is 12.0 Å². The Morgan fingerprint density at radius 2 is 2.13 bits per heavy atom. The highest BCUT2D eigenvalue weighted by Crippen LogP contribution is 2.34. The Hall–Kier alpha value is -1.26. The van der Waals surface area contributed by atoms with Crippen molar-refractivity contribution in [3.05, 3.63) is 23.3 Å². The van der Waals surface area contributed by atoms with Crippen molar-refractivity contribution in [3.63, 3.8) is 0 Å². The summed E-state index contributed by atoms with van der Waals surface area (Å²) in [6, 6.07) is 3.86. The molecular weight excluding hydrogens is 194 g/mol. The molecule has 1 aliphatic rings. The van der Waals surface area contributed by atoms with E-state index in [2.05, 4.69) is 4.84 Å². The fraction of sp³-hybridized carbons (Fsp3) is 0.455. The lowest BCUT2D eigenvalue weighted by atomic mass is 10.1. The van der Waals surface area contributed by atoms with Crippen LogP contribution >= 0.6 is 0 Å². The van der Waals surface area contributed by atoms with Crippen LogP contribution in [0.5, 0.6) is 11.5 Å². The minimum absolute atomic E-state index is 0.391. The number of benzene rings is 1. The molecule has 2 rings (SSSR count). The zero-order valence-electron chi connectivity index (χ0n) is 8.79. The molecule has 0 fully saturated rings. The first-order valence-corrected chi connectivity index (χ1v) is 5.02. The second-order valence-corrected chi connectivity index (χ2v) is 3.54. The molecule has 4 heteroatoms. The van der Waals surface area contributed by atoms with Crippen LogP contribution in [-0.4, -0.2) is 13.2 Å². The van der Waals surface area contributed by atoms with Gasteiger partial charge in [0.25, 0.3) is 0 Å². The van der Waals surface area contributed by atoms with Crippen LogP contribution in [0.4, 0.5) is 0 Å². The van der Waals surface area contributed by atoms with E-state index in [1.807, 2.05) is 19.1 Å². The van der Waals surface area contributed by atoms with Gasteiger partial charge in [0.15, 0.2) is 11.5 Å². The fourth-order valence-corrected chi connectivity index (χ4v) is 1.66. The number of hydrogen-bond donors (Lipinski definition) is 1. The van der Waals surface area contributed by atoms with Gasteiger partial charge in [-0.1, -0.05) is 6.07 Å². The lowest BCUT2D eigenvalue weighted by molar-refractivity contribution is 0.123. The molecule has 0 aromatic heterocycles. The molecule has 2 N–H and O–H groups in total. The van der Waals surface area contributed by atoms with Crippen LogP contribution in [-0.2, 0) is 11.4 Å². The summed E-state index contributed by atoms with van der Waals surface area (Å²) in [5, 5.41) is 0. The third-order valence-corrected chi connectivity index (χ3v) is 2.51. The Morgan fingerprint density at radius 3 is 2.93 bits per heavy atom. The van der Waals surface area contributed by atoms with Gasteiger partial charge < -0.3 is 9.47 Å². The van der Waals surface area contributed by atoms with E-state index in [4.69, 9.17) is 15.4 Å². The summed E-state index contributed by atoms with van der Waals surface area (Å²) in [5.74, 6) is 6.70. The lowest BCUT2D eigenvalue weighted by Crippen LogP contribution is -2.03. The Labute approximate surface area is 88.9 Å². The Kier molecular flexibility index (Phi) is 3.08. The van der Waals surface area contributed by atoms with E-state index in [9.17, 15) is 0 Å². The van der Waals surface area contributed by atoms with E-state index >= 15 is 0 Å². The lowest BCUT2D eigenvalue weighted by Gasteiger charge is -2.13. The minimum atomic E-state index is 0.391. The molecule has 0 saturated carbocycles. The Morgan fingerprint density at radius 1 is 1.33 bits per heavy atom. The third-order valence-electron chi connectivity index (χ3n) is 2.51. The van der Waals surface area contributed by atoms with E-state index in [-0.39, 0.29) is 0 Å². The van der Waals surface area contributed by atoms with Crippen LogP contribution in [0.25, 0.3) is 0 Å².